The molecule has 0 aliphatic rings. The number of hydrogen-bond donors (Lipinski definition) is 5. The molecule has 0 radical (unpaired) electrons. The van der Waals surface area contributed by atoms with Crippen LogP contribution in [0.5, 0.6) is 0 Å². The van der Waals surface area contributed by atoms with E-state index in [1.807, 2.05) is 54.8 Å². The summed E-state index contributed by atoms with van der Waals surface area (Å²) in [5.41, 5.74) is 11.6. The highest BCUT2D eigenvalue weighted by Crippen LogP contribution is 2.31. The van der Waals surface area contributed by atoms with Crippen molar-refractivity contribution in [3.63, 3.8) is 0 Å². The maximum Gasteiger partial charge on any atom is 0.267 e. The number of para-hydroxylation sites is 1. The Balaban J connectivity index is 1.32. The SMILES string of the molecule is Cc1cc(Cn2cnc3ccc(Nc4ncc(C(=O)Nc5c(C)cccc5Cl)s4)cc32)cc(Cl)c1NC(=O)/C(S)=C/N. The number of aromatic nitrogens is 3. The summed E-state index contributed by atoms with van der Waals surface area (Å²) in [7, 11) is 0. The molecule has 5 N–H and O–H groups in total. The van der Waals surface area contributed by atoms with Crippen LogP contribution in [0.1, 0.15) is 26.4 Å². The number of fused-ring (bicyclic) bond motifs is 1. The number of anilines is 4. The Morgan fingerprint density at radius 2 is 1.81 bits per heavy atom. The zero-order valence-electron chi connectivity index (χ0n) is 22.4. The first-order chi connectivity index (χ1) is 20.1. The largest absolute Gasteiger partial charge is 0.404 e. The van der Waals surface area contributed by atoms with Crippen molar-refractivity contribution in [2.75, 3.05) is 16.0 Å². The van der Waals surface area contributed by atoms with Crippen LogP contribution in [0.25, 0.3) is 11.0 Å². The first-order valence-corrected chi connectivity index (χ1v) is 14.6. The van der Waals surface area contributed by atoms with Crippen LogP contribution in [0.3, 0.4) is 0 Å². The van der Waals surface area contributed by atoms with Gasteiger partial charge < -0.3 is 26.3 Å². The number of nitrogens with two attached hydrogens (primary N) is 1. The van der Waals surface area contributed by atoms with Crippen molar-refractivity contribution in [1.82, 2.24) is 14.5 Å². The van der Waals surface area contributed by atoms with Gasteiger partial charge in [-0.15, -0.1) is 12.6 Å². The Morgan fingerprint density at radius 3 is 2.55 bits per heavy atom. The van der Waals surface area contributed by atoms with Crippen molar-refractivity contribution in [3.8, 4) is 0 Å². The van der Waals surface area contributed by atoms with E-state index in [1.165, 1.54) is 17.5 Å². The van der Waals surface area contributed by atoms with Crippen LogP contribution in [0.15, 0.2) is 72.2 Å². The van der Waals surface area contributed by atoms with Crippen LogP contribution in [0.4, 0.5) is 22.2 Å². The molecule has 2 amide bonds. The van der Waals surface area contributed by atoms with Gasteiger partial charge in [-0.3, -0.25) is 9.59 Å². The summed E-state index contributed by atoms with van der Waals surface area (Å²) in [6.45, 7) is 4.24. The third-order valence-electron chi connectivity index (χ3n) is 6.39. The molecular formula is C29H25Cl2N7O2S2. The average Bonchev–Trinajstić information content (AvgIpc) is 3.59. The van der Waals surface area contributed by atoms with Gasteiger partial charge in [0.1, 0.15) is 4.88 Å². The van der Waals surface area contributed by atoms with Crippen LogP contribution in [0.2, 0.25) is 10.0 Å². The molecule has 0 spiro atoms. The number of thiazole rings is 1. The second kappa shape index (κ2) is 12.5. The van der Waals surface area contributed by atoms with E-state index in [0.29, 0.717) is 38.0 Å². The number of hydrogen-bond acceptors (Lipinski definition) is 8. The van der Waals surface area contributed by atoms with Gasteiger partial charge in [0.2, 0.25) is 0 Å². The third-order valence-corrected chi connectivity index (χ3v) is 8.27. The zero-order chi connectivity index (χ0) is 30.0. The van der Waals surface area contributed by atoms with Gasteiger partial charge in [-0.05, 0) is 60.9 Å². The number of halogens is 2. The van der Waals surface area contributed by atoms with Crippen LogP contribution in [0, 0.1) is 13.8 Å². The van der Waals surface area contributed by atoms with Crippen LogP contribution in [-0.4, -0.2) is 26.3 Å². The first kappa shape index (κ1) is 29.5. The number of imidazole rings is 1. The van der Waals surface area contributed by atoms with Gasteiger partial charge in [0.15, 0.2) is 5.13 Å². The molecule has 13 heteroatoms. The van der Waals surface area contributed by atoms with E-state index in [9.17, 15) is 9.59 Å². The maximum absolute atomic E-state index is 12.8. The number of thiol groups is 1. The van der Waals surface area contributed by atoms with Crippen molar-refractivity contribution in [2.45, 2.75) is 20.4 Å². The summed E-state index contributed by atoms with van der Waals surface area (Å²) in [6.07, 6.45) is 4.41. The van der Waals surface area contributed by atoms with Crippen molar-refractivity contribution >= 4 is 92.2 Å². The van der Waals surface area contributed by atoms with E-state index in [-0.39, 0.29) is 10.8 Å². The zero-order valence-corrected chi connectivity index (χ0v) is 25.6. The maximum atomic E-state index is 12.8. The quantitative estimate of drug-likeness (QED) is 0.0910. The molecule has 0 fully saturated rings. The normalized spacial score (nSPS) is 11.5. The number of nitrogens with one attached hydrogen (secondary N) is 3. The van der Waals surface area contributed by atoms with Crippen LogP contribution < -0.4 is 21.7 Å². The third kappa shape index (κ3) is 6.39. The number of benzene rings is 3. The number of aryl methyl sites for hydroxylation is 2. The molecule has 214 valence electrons. The van der Waals surface area contributed by atoms with Gasteiger partial charge in [-0.1, -0.05) is 52.7 Å². The molecule has 42 heavy (non-hydrogen) atoms. The van der Waals surface area contributed by atoms with Gasteiger partial charge in [-0.25, -0.2) is 9.97 Å². The van der Waals surface area contributed by atoms with E-state index in [0.717, 1.165) is 39.6 Å². The highest BCUT2D eigenvalue weighted by atomic mass is 35.5. The van der Waals surface area contributed by atoms with E-state index in [4.69, 9.17) is 28.9 Å². The molecule has 9 nitrogen and oxygen atoms in total. The molecule has 0 atom stereocenters. The lowest BCUT2D eigenvalue weighted by molar-refractivity contribution is -0.112. The predicted molar refractivity (Wildman–Crippen MR) is 174 cm³/mol. The number of nitrogens with zero attached hydrogens (tertiary/aromatic N) is 3. The molecule has 5 rings (SSSR count). The minimum absolute atomic E-state index is 0.0910. The Labute approximate surface area is 261 Å². The lowest BCUT2D eigenvalue weighted by Gasteiger charge is -2.13. The molecule has 0 saturated carbocycles. The smallest absolute Gasteiger partial charge is 0.267 e. The summed E-state index contributed by atoms with van der Waals surface area (Å²) in [4.78, 5) is 34.4. The molecule has 0 bridgehead atoms. The summed E-state index contributed by atoms with van der Waals surface area (Å²) in [5, 5.41) is 10.3. The minimum atomic E-state index is -0.442. The first-order valence-electron chi connectivity index (χ1n) is 12.6. The van der Waals surface area contributed by atoms with Gasteiger partial charge in [0.05, 0.1) is 49.9 Å². The molecule has 0 aliphatic heterocycles. The monoisotopic (exact) mass is 637 g/mol. The summed E-state index contributed by atoms with van der Waals surface area (Å²) >= 11 is 18.1. The second-order valence-electron chi connectivity index (χ2n) is 9.39. The number of rotatable bonds is 8. The summed E-state index contributed by atoms with van der Waals surface area (Å²) < 4.78 is 2.00. The van der Waals surface area contributed by atoms with Crippen molar-refractivity contribution in [1.29, 1.82) is 0 Å². The van der Waals surface area contributed by atoms with Crippen molar-refractivity contribution in [3.05, 3.63) is 104 Å². The average molecular weight is 639 g/mol. The van der Waals surface area contributed by atoms with Gasteiger partial charge in [0, 0.05) is 18.4 Å². The van der Waals surface area contributed by atoms with Crippen LogP contribution in [-0.2, 0) is 11.3 Å². The molecule has 0 unspecified atom stereocenters. The topological polar surface area (TPSA) is 127 Å². The summed E-state index contributed by atoms with van der Waals surface area (Å²) in [5.74, 6) is -0.727. The molecule has 3 aromatic carbocycles. The fourth-order valence-electron chi connectivity index (χ4n) is 4.30. The Bertz CT molecular complexity index is 1820. The van der Waals surface area contributed by atoms with E-state index in [1.54, 1.807) is 18.5 Å². The standard InChI is InChI=1S/C29H25Cl2N7O2S2/c1-15-4-3-5-19(30)25(15)37-28(40)24-12-33-29(42-24)35-18-6-7-21-22(10-18)38(14-34-21)13-17-8-16(2)26(20(31)9-17)36-27(39)23(41)11-32/h3-12,14,41H,13,32H2,1-2H3,(H,33,35)(H,36,39)(H,37,40)/b23-11-. The minimum Gasteiger partial charge on any atom is -0.404 e. The fraction of sp³-hybridized carbons (Fsp3) is 0.103. The van der Waals surface area contributed by atoms with E-state index >= 15 is 0 Å². The molecule has 2 aromatic heterocycles. The number of carbonyl (C=O) groups is 2. The van der Waals surface area contributed by atoms with Gasteiger partial charge in [-0.2, -0.15) is 0 Å². The van der Waals surface area contributed by atoms with Crippen molar-refractivity contribution in [2.24, 2.45) is 5.73 Å². The number of carbonyl (C=O) groups excluding carboxylic acids is 2. The Kier molecular flexibility index (Phi) is 8.74. The fourth-order valence-corrected chi connectivity index (χ4v) is 5.69. The summed E-state index contributed by atoms with van der Waals surface area (Å²) in [6, 6.07) is 15.0. The van der Waals surface area contributed by atoms with E-state index in [2.05, 4.69) is 38.5 Å². The molecule has 0 saturated heterocycles. The van der Waals surface area contributed by atoms with Gasteiger partial charge >= 0.3 is 0 Å². The van der Waals surface area contributed by atoms with E-state index < -0.39 is 5.91 Å². The highest BCUT2D eigenvalue weighted by molar-refractivity contribution is 7.85. The lowest BCUT2D eigenvalue weighted by atomic mass is 10.1. The highest BCUT2D eigenvalue weighted by Gasteiger charge is 2.16. The molecule has 5 aromatic rings. The predicted octanol–water partition coefficient (Wildman–Crippen LogP) is 7.13. The molecule has 0 aliphatic carbocycles. The molecular weight excluding hydrogens is 613 g/mol. The van der Waals surface area contributed by atoms with Gasteiger partial charge in [0.25, 0.3) is 11.8 Å². The second-order valence-corrected chi connectivity index (χ2v) is 11.7. The molecule has 2 heterocycles. The van der Waals surface area contributed by atoms with Crippen molar-refractivity contribution < 1.29 is 9.59 Å². The van der Waals surface area contributed by atoms with Crippen LogP contribution >= 0.6 is 47.2 Å². The Hall–Kier alpha value is -4.03. The Morgan fingerprint density at radius 1 is 1.02 bits per heavy atom. The lowest BCUT2D eigenvalue weighted by Crippen LogP contribution is -2.14. The number of amides is 2.